The lowest BCUT2D eigenvalue weighted by molar-refractivity contribution is -0.131. The highest BCUT2D eigenvalue weighted by atomic mass is 32.1. The van der Waals surface area contributed by atoms with Gasteiger partial charge >= 0.3 is 4.87 Å². The average molecular weight is 375 g/mol. The average Bonchev–Trinajstić information content (AvgIpc) is 2.98. The minimum Gasteiger partial charge on any atom is -0.492 e. The van der Waals surface area contributed by atoms with E-state index in [0.717, 1.165) is 30.2 Å². The van der Waals surface area contributed by atoms with Gasteiger partial charge in [-0.1, -0.05) is 23.5 Å². The summed E-state index contributed by atoms with van der Waals surface area (Å²) in [6, 6.07) is 8.03. The van der Waals surface area contributed by atoms with Crippen molar-refractivity contribution >= 4 is 22.9 Å². The SMILES string of the molecule is CCOc1ccccc1N1CCN(C(=O)CCn2c(C)csc2=O)CC1. The number of carbonyl (C=O) groups is 1. The lowest BCUT2D eigenvalue weighted by atomic mass is 10.2. The van der Waals surface area contributed by atoms with Gasteiger partial charge in [0.2, 0.25) is 5.91 Å². The van der Waals surface area contributed by atoms with Crippen molar-refractivity contribution in [1.82, 2.24) is 9.47 Å². The van der Waals surface area contributed by atoms with Gasteiger partial charge in [-0.05, 0) is 26.0 Å². The van der Waals surface area contributed by atoms with E-state index in [-0.39, 0.29) is 10.8 Å². The fourth-order valence-corrected chi connectivity index (χ4v) is 3.99. The van der Waals surface area contributed by atoms with Crippen molar-refractivity contribution in [3.63, 3.8) is 0 Å². The number of nitrogens with zero attached hydrogens (tertiary/aromatic N) is 3. The molecule has 0 radical (unpaired) electrons. The maximum Gasteiger partial charge on any atom is 0.307 e. The molecule has 0 saturated carbocycles. The number of hydrogen-bond donors (Lipinski definition) is 0. The standard InChI is InChI=1S/C19H25N3O3S/c1-3-25-17-7-5-4-6-16(17)20-10-12-21(13-11-20)18(23)8-9-22-15(2)14-26-19(22)24/h4-7,14H,3,8-13H2,1-2H3. The largest absolute Gasteiger partial charge is 0.492 e. The number of thiazole rings is 1. The molecular formula is C19H25N3O3S. The molecule has 1 fully saturated rings. The van der Waals surface area contributed by atoms with Crippen LogP contribution in [-0.2, 0) is 11.3 Å². The maximum atomic E-state index is 12.5. The van der Waals surface area contributed by atoms with E-state index in [1.54, 1.807) is 4.57 Å². The molecule has 0 spiro atoms. The summed E-state index contributed by atoms with van der Waals surface area (Å²) in [7, 11) is 0. The van der Waals surface area contributed by atoms with E-state index in [9.17, 15) is 9.59 Å². The highest BCUT2D eigenvalue weighted by molar-refractivity contribution is 7.07. The van der Waals surface area contributed by atoms with Gasteiger partial charge in [0.25, 0.3) is 0 Å². The van der Waals surface area contributed by atoms with Crippen molar-refractivity contribution < 1.29 is 9.53 Å². The molecule has 0 bridgehead atoms. The summed E-state index contributed by atoms with van der Waals surface area (Å²) in [6.07, 6.45) is 0.368. The second kappa shape index (κ2) is 8.40. The lowest BCUT2D eigenvalue weighted by Crippen LogP contribution is -2.49. The molecule has 140 valence electrons. The first kappa shape index (κ1) is 18.5. The Morgan fingerprint density at radius 3 is 2.58 bits per heavy atom. The molecule has 1 aliphatic heterocycles. The van der Waals surface area contributed by atoms with Gasteiger partial charge in [-0.3, -0.25) is 9.59 Å². The van der Waals surface area contributed by atoms with E-state index in [1.807, 2.05) is 42.3 Å². The van der Waals surface area contributed by atoms with Gasteiger partial charge in [-0.15, -0.1) is 0 Å². The molecule has 0 unspecified atom stereocenters. The second-order valence-electron chi connectivity index (χ2n) is 6.31. The number of para-hydroxylation sites is 2. The van der Waals surface area contributed by atoms with Crippen LogP contribution in [0.1, 0.15) is 19.0 Å². The number of amides is 1. The van der Waals surface area contributed by atoms with Gasteiger partial charge in [0.05, 0.1) is 12.3 Å². The number of piperazine rings is 1. The van der Waals surface area contributed by atoms with Crippen LogP contribution in [0.4, 0.5) is 5.69 Å². The summed E-state index contributed by atoms with van der Waals surface area (Å²) in [5, 5.41) is 1.83. The molecule has 26 heavy (non-hydrogen) atoms. The Morgan fingerprint density at radius 2 is 1.92 bits per heavy atom. The quantitative estimate of drug-likeness (QED) is 0.778. The minimum absolute atomic E-state index is 0.00708. The number of carbonyl (C=O) groups excluding carboxylic acids is 1. The molecule has 0 atom stereocenters. The third-order valence-electron chi connectivity index (χ3n) is 4.66. The van der Waals surface area contributed by atoms with E-state index in [1.165, 1.54) is 11.3 Å². The normalized spacial score (nSPS) is 14.5. The Morgan fingerprint density at radius 1 is 1.19 bits per heavy atom. The van der Waals surface area contributed by atoms with Crippen LogP contribution in [0.5, 0.6) is 5.75 Å². The van der Waals surface area contributed by atoms with Gasteiger partial charge in [-0.25, -0.2) is 0 Å². The van der Waals surface area contributed by atoms with Crippen LogP contribution in [0.25, 0.3) is 0 Å². The Kier molecular flexibility index (Phi) is 5.98. The topological polar surface area (TPSA) is 54.8 Å². The van der Waals surface area contributed by atoms with Crippen molar-refractivity contribution in [2.24, 2.45) is 0 Å². The van der Waals surface area contributed by atoms with Crippen LogP contribution < -0.4 is 14.5 Å². The fourth-order valence-electron chi connectivity index (χ4n) is 3.23. The van der Waals surface area contributed by atoms with Crippen LogP contribution in [0.3, 0.4) is 0 Å². The number of aryl methyl sites for hydroxylation is 1. The summed E-state index contributed by atoms with van der Waals surface area (Å²) in [4.78, 5) is 28.4. The smallest absolute Gasteiger partial charge is 0.307 e. The van der Waals surface area contributed by atoms with Gasteiger partial charge in [0.15, 0.2) is 0 Å². The third-order valence-corrected chi connectivity index (χ3v) is 5.54. The molecule has 2 aromatic rings. The predicted molar refractivity (Wildman–Crippen MR) is 104 cm³/mol. The molecule has 0 aliphatic carbocycles. The molecule has 1 saturated heterocycles. The van der Waals surface area contributed by atoms with Crippen LogP contribution in [0.2, 0.25) is 0 Å². The Labute approximate surface area is 157 Å². The predicted octanol–water partition coefficient (Wildman–Crippen LogP) is 2.36. The molecule has 6 nitrogen and oxygen atoms in total. The highest BCUT2D eigenvalue weighted by Gasteiger charge is 2.23. The van der Waals surface area contributed by atoms with Gasteiger partial charge in [0, 0.05) is 50.2 Å². The van der Waals surface area contributed by atoms with E-state index in [2.05, 4.69) is 11.0 Å². The van der Waals surface area contributed by atoms with E-state index < -0.39 is 0 Å². The zero-order valence-electron chi connectivity index (χ0n) is 15.3. The summed E-state index contributed by atoms with van der Waals surface area (Å²) in [5.74, 6) is 1.00. The molecule has 1 aromatic heterocycles. The molecular weight excluding hydrogens is 350 g/mol. The van der Waals surface area contributed by atoms with Gasteiger partial charge in [-0.2, -0.15) is 0 Å². The van der Waals surface area contributed by atoms with Crippen molar-refractivity contribution in [2.45, 2.75) is 26.8 Å². The maximum absolute atomic E-state index is 12.5. The van der Waals surface area contributed by atoms with Crippen LogP contribution in [0.15, 0.2) is 34.4 Å². The number of hydrogen-bond acceptors (Lipinski definition) is 5. The summed E-state index contributed by atoms with van der Waals surface area (Å²) >= 11 is 1.19. The Bertz CT molecular complexity index is 806. The van der Waals surface area contributed by atoms with Gasteiger partial charge < -0.3 is 19.1 Å². The van der Waals surface area contributed by atoms with Crippen molar-refractivity contribution in [3.8, 4) is 5.75 Å². The molecule has 1 amide bonds. The molecule has 0 N–H and O–H groups in total. The zero-order chi connectivity index (χ0) is 18.5. The summed E-state index contributed by atoms with van der Waals surface area (Å²) in [5.41, 5.74) is 2.01. The molecule has 1 aliphatic rings. The van der Waals surface area contributed by atoms with E-state index in [4.69, 9.17) is 4.74 Å². The van der Waals surface area contributed by atoms with Gasteiger partial charge in [0.1, 0.15) is 5.75 Å². The fraction of sp³-hybridized carbons (Fsp3) is 0.474. The highest BCUT2D eigenvalue weighted by Crippen LogP contribution is 2.28. The second-order valence-corrected chi connectivity index (χ2v) is 7.13. The lowest BCUT2D eigenvalue weighted by Gasteiger charge is -2.36. The number of ether oxygens (including phenoxy) is 1. The van der Waals surface area contributed by atoms with Crippen molar-refractivity contribution in [3.05, 3.63) is 45.0 Å². The van der Waals surface area contributed by atoms with Crippen LogP contribution >= 0.6 is 11.3 Å². The monoisotopic (exact) mass is 375 g/mol. The molecule has 2 heterocycles. The minimum atomic E-state index is 0.00708. The zero-order valence-corrected chi connectivity index (χ0v) is 16.1. The van der Waals surface area contributed by atoms with Crippen LogP contribution in [-0.4, -0.2) is 48.2 Å². The number of rotatable bonds is 6. The third kappa shape index (κ3) is 4.09. The summed E-state index contributed by atoms with van der Waals surface area (Å²) < 4.78 is 7.39. The van der Waals surface area contributed by atoms with E-state index in [0.29, 0.717) is 32.7 Å². The molecule has 7 heteroatoms. The van der Waals surface area contributed by atoms with Crippen LogP contribution in [0, 0.1) is 6.92 Å². The van der Waals surface area contributed by atoms with Crippen molar-refractivity contribution in [1.29, 1.82) is 0 Å². The summed E-state index contributed by atoms with van der Waals surface area (Å²) in [6.45, 7) is 7.93. The number of anilines is 1. The number of aromatic nitrogens is 1. The number of benzene rings is 1. The molecule has 3 rings (SSSR count). The first-order valence-electron chi connectivity index (χ1n) is 8.99. The molecule has 1 aromatic carbocycles. The first-order valence-corrected chi connectivity index (χ1v) is 9.87. The Balaban J connectivity index is 1.55. The Hall–Kier alpha value is -2.28. The van der Waals surface area contributed by atoms with Crippen molar-refractivity contribution in [2.75, 3.05) is 37.7 Å². The van der Waals surface area contributed by atoms with E-state index >= 15 is 0 Å². The first-order chi connectivity index (χ1) is 12.6.